The van der Waals surface area contributed by atoms with E-state index < -0.39 is 0 Å². The van der Waals surface area contributed by atoms with Crippen LogP contribution in [0.2, 0.25) is 0 Å². The molecule has 3 aromatic rings. The second-order valence-corrected chi connectivity index (χ2v) is 7.58. The molecule has 0 saturated carbocycles. The Bertz CT molecular complexity index is 1000. The Morgan fingerprint density at radius 3 is 2.64 bits per heavy atom. The number of rotatable bonds is 7. The van der Waals surface area contributed by atoms with E-state index in [-0.39, 0.29) is 5.71 Å². The zero-order valence-corrected chi connectivity index (χ0v) is 17.0. The fraction of sp³-hybridized carbons (Fsp3) is 0.227. The van der Waals surface area contributed by atoms with E-state index >= 15 is 0 Å². The molecule has 0 amide bonds. The number of thiazole rings is 1. The molecular formula is C22H22N4OS. The Hall–Kier alpha value is -3.17. The molecule has 1 N–H and O–H groups in total. The highest BCUT2D eigenvalue weighted by atomic mass is 32.1. The average Bonchev–Trinajstić information content (AvgIpc) is 3.19. The second-order valence-electron chi connectivity index (χ2n) is 6.72. The highest BCUT2D eigenvalue weighted by molar-refractivity contribution is 7.12. The molecule has 0 fully saturated rings. The number of anilines is 1. The standard InChI is InChI=1S/C22H22N4OS/c1-15(2)12-16-8-10-17(11-9-16)20-14-28-22(24-20)19(13-23)26-25-18-6-4-5-7-21(18)27-3/h4-11,14-15,25H,12H2,1-3H3/b26-19-. The van der Waals surface area contributed by atoms with Crippen LogP contribution in [0.3, 0.4) is 0 Å². The van der Waals surface area contributed by atoms with Gasteiger partial charge in [0.05, 0.1) is 18.5 Å². The molecule has 1 aromatic heterocycles. The highest BCUT2D eigenvalue weighted by Gasteiger charge is 2.11. The minimum absolute atomic E-state index is 0.235. The van der Waals surface area contributed by atoms with Crippen molar-refractivity contribution in [3.8, 4) is 23.1 Å². The fourth-order valence-corrected chi connectivity index (χ4v) is 3.54. The summed E-state index contributed by atoms with van der Waals surface area (Å²) >= 11 is 1.40. The topological polar surface area (TPSA) is 70.3 Å². The molecule has 6 heteroatoms. The van der Waals surface area contributed by atoms with Crippen LogP contribution >= 0.6 is 11.3 Å². The lowest BCUT2D eigenvalue weighted by atomic mass is 10.0. The first kappa shape index (κ1) is 19.6. The number of aromatic nitrogens is 1. The monoisotopic (exact) mass is 390 g/mol. The summed E-state index contributed by atoms with van der Waals surface area (Å²) in [6, 6.07) is 17.9. The first-order valence-corrected chi connectivity index (χ1v) is 9.90. The van der Waals surface area contributed by atoms with Crippen molar-refractivity contribution in [3.63, 3.8) is 0 Å². The lowest BCUT2D eigenvalue weighted by molar-refractivity contribution is 0.416. The van der Waals surface area contributed by atoms with Crippen LogP contribution in [-0.4, -0.2) is 17.8 Å². The maximum Gasteiger partial charge on any atom is 0.196 e. The van der Waals surface area contributed by atoms with E-state index in [2.05, 4.69) is 59.7 Å². The number of ether oxygens (including phenoxy) is 1. The van der Waals surface area contributed by atoms with Gasteiger partial charge in [-0.25, -0.2) is 4.98 Å². The van der Waals surface area contributed by atoms with Gasteiger partial charge in [0.2, 0.25) is 0 Å². The molecule has 0 aliphatic carbocycles. The van der Waals surface area contributed by atoms with E-state index in [9.17, 15) is 5.26 Å². The lowest BCUT2D eigenvalue weighted by Crippen LogP contribution is -2.02. The maximum absolute atomic E-state index is 9.50. The summed E-state index contributed by atoms with van der Waals surface area (Å²) in [5, 5.41) is 16.2. The van der Waals surface area contributed by atoms with Gasteiger partial charge in [-0.15, -0.1) is 11.3 Å². The third kappa shape index (κ3) is 4.76. The molecule has 3 rings (SSSR count). The maximum atomic E-state index is 9.50. The molecule has 0 aliphatic heterocycles. The fourth-order valence-electron chi connectivity index (χ4n) is 2.77. The summed E-state index contributed by atoms with van der Waals surface area (Å²) in [4.78, 5) is 4.59. The number of para-hydroxylation sites is 2. The Balaban J connectivity index is 1.78. The van der Waals surface area contributed by atoms with Gasteiger partial charge < -0.3 is 4.74 Å². The van der Waals surface area contributed by atoms with E-state index in [4.69, 9.17) is 4.74 Å². The summed E-state index contributed by atoms with van der Waals surface area (Å²) in [6.07, 6.45) is 1.06. The van der Waals surface area contributed by atoms with Crippen LogP contribution in [0.4, 0.5) is 5.69 Å². The summed E-state index contributed by atoms with van der Waals surface area (Å²) < 4.78 is 5.28. The van der Waals surface area contributed by atoms with Crippen LogP contribution in [-0.2, 0) is 6.42 Å². The number of nitriles is 1. The van der Waals surface area contributed by atoms with Gasteiger partial charge in [0.1, 0.15) is 11.8 Å². The van der Waals surface area contributed by atoms with Gasteiger partial charge >= 0.3 is 0 Å². The van der Waals surface area contributed by atoms with E-state index in [0.717, 1.165) is 17.7 Å². The van der Waals surface area contributed by atoms with Crippen molar-refractivity contribution < 1.29 is 4.74 Å². The molecule has 28 heavy (non-hydrogen) atoms. The Kier molecular flexibility index (Phi) is 6.41. The minimum atomic E-state index is 0.235. The Morgan fingerprint density at radius 2 is 1.96 bits per heavy atom. The van der Waals surface area contributed by atoms with Crippen LogP contribution in [0, 0.1) is 17.2 Å². The van der Waals surface area contributed by atoms with Gasteiger partial charge in [0, 0.05) is 10.9 Å². The predicted octanol–water partition coefficient (Wildman–Crippen LogP) is 5.36. The van der Waals surface area contributed by atoms with Crippen LogP contribution in [0.5, 0.6) is 5.75 Å². The minimum Gasteiger partial charge on any atom is -0.495 e. The number of hydrogen-bond acceptors (Lipinski definition) is 6. The highest BCUT2D eigenvalue weighted by Crippen LogP contribution is 2.25. The molecule has 0 radical (unpaired) electrons. The van der Waals surface area contributed by atoms with Crippen LogP contribution < -0.4 is 10.2 Å². The van der Waals surface area contributed by atoms with E-state index in [1.54, 1.807) is 7.11 Å². The molecule has 2 aromatic carbocycles. The molecule has 5 nitrogen and oxygen atoms in total. The zero-order chi connectivity index (χ0) is 19.9. The number of benzene rings is 2. The number of nitrogens with one attached hydrogen (secondary N) is 1. The predicted molar refractivity (Wildman–Crippen MR) is 115 cm³/mol. The Morgan fingerprint density at radius 1 is 1.21 bits per heavy atom. The summed E-state index contributed by atoms with van der Waals surface area (Å²) in [7, 11) is 1.59. The van der Waals surface area contributed by atoms with E-state index in [1.807, 2.05) is 29.6 Å². The van der Waals surface area contributed by atoms with Crippen molar-refractivity contribution in [1.29, 1.82) is 5.26 Å². The quantitative estimate of drug-likeness (QED) is 0.436. The van der Waals surface area contributed by atoms with Crippen LogP contribution in [0.1, 0.15) is 24.4 Å². The smallest absolute Gasteiger partial charge is 0.196 e. The molecule has 0 unspecified atom stereocenters. The van der Waals surface area contributed by atoms with Crippen molar-refractivity contribution in [2.75, 3.05) is 12.5 Å². The van der Waals surface area contributed by atoms with Gasteiger partial charge in [-0.05, 0) is 30.0 Å². The third-order valence-corrected chi connectivity index (χ3v) is 4.95. The number of nitrogens with zero attached hydrogens (tertiary/aromatic N) is 3. The zero-order valence-electron chi connectivity index (χ0n) is 16.1. The molecule has 142 valence electrons. The summed E-state index contributed by atoms with van der Waals surface area (Å²) in [5.74, 6) is 1.28. The number of hydrazone groups is 1. The van der Waals surface area contributed by atoms with Crippen molar-refractivity contribution >= 4 is 22.7 Å². The molecule has 0 aliphatic rings. The lowest BCUT2D eigenvalue weighted by Gasteiger charge is -2.06. The van der Waals surface area contributed by atoms with Crippen LogP contribution in [0.15, 0.2) is 59.0 Å². The van der Waals surface area contributed by atoms with Gasteiger partial charge in [-0.2, -0.15) is 10.4 Å². The van der Waals surface area contributed by atoms with Crippen molar-refractivity contribution in [3.05, 3.63) is 64.5 Å². The van der Waals surface area contributed by atoms with E-state index in [1.165, 1.54) is 16.9 Å². The third-order valence-electron chi connectivity index (χ3n) is 4.10. The normalized spacial score (nSPS) is 11.3. The van der Waals surface area contributed by atoms with Gasteiger partial charge in [-0.3, -0.25) is 5.43 Å². The molecule has 0 saturated heterocycles. The summed E-state index contributed by atoms with van der Waals surface area (Å²) in [5.41, 5.74) is 7.01. The van der Waals surface area contributed by atoms with Crippen molar-refractivity contribution in [2.45, 2.75) is 20.3 Å². The first-order valence-electron chi connectivity index (χ1n) is 9.02. The average molecular weight is 391 g/mol. The molecule has 0 atom stereocenters. The SMILES string of the molecule is COc1ccccc1N/N=C(/C#N)c1nc(-c2ccc(CC(C)C)cc2)cs1. The molecule has 0 spiro atoms. The van der Waals surface area contributed by atoms with Gasteiger partial charge in [-0.1, -0.05) is 50.2 Å². The second kappa shape index (κ2) is 9.16. The van der Waals surface area contributed by atoms with Crippen LogP contribution in [0.25, 0.3) is 11.3 Å². The number of methoxy groups -OCH3 is 1. The van der Waals surface area contributed by atoms with Crippen molar-refractivity contribution in [2.24, 2.45) is 11.0 Å². The molecular weight excluding hydrogens is 368 g/mol. The molecule has 1 heterocycles. The van der Waals surface area contributed by atoms with Gasteiger partial charge in [0.15, 0.2) is 10.7 Å². The molecule has 0 bridgehead atoms. The summed E-state index contributed by atoms with van der Waals surface area (Å²) in [6.45, 7) is 4.42. The Labute approximate surface area is 169 Å². The number of hydrogen-bond donors (Lipinski definition) is 1. The van der Waals surface area contributed by atoms with E-state index in [0.29, 0.717) is 22.4 Å². The largest absolute Gasteiger partial charge is 0.495 e. The van der Waals surface area contributed by atoms with Gasteiger partial charge in [0.25, 0.3) is 0 Å². The van der Waals surface area contributed by atoms with Crippen molar-refractivity contribution in [1.82, 2.24) is 4.98 Å². The first-order chi connectivity index (χ1) is 13.6.